The van der Waals surface area contributed by atoms with Gasteiger partial charge in [-0.05, 0) is 18.8 Å². The second kappa shape index (κ2) is 5.87. The van der Waals surface area contributed by atoms with Gasteiger partial charge in [-0.1, -0.05) is 6.92 Å². The summed E-state index contributed by atoms with van der Waals surface area (Å²) in [5.41, 5.74) is 2.30. The van der Waals surface area contributed by atoms with Crippen LogP contribution in [0.15, 0.2) is 12.5 Å². The van der Waals surface area contributed by atoms with Crippen LogP contribution in [-0.4, -0.2) is 51.9 Å². The van der Waals surface area contributed by atoms with Crippen LogP contribution >= 0.6 is 0 Å². The lowest BCUT2D eigenvalue weighted by atomic mass is 9.99. The van der Waals surface area contributed by atoms with E-state index in [0.29, 0.717) is 6.54 Å². The maximum atomic E-state index is 12.3. The van der Waals surface area contributed by atoms with Crippen LogP contribution < -0.4 is 0 Å². The summed E-state index contributed by atoms with van der Waals surface area (Å²) in [6, 6.07) is 0. The van der Waals surface area contributed by atoms with Crippen molar-refractivity contribution in [3.05, 3.63) is 23.8 Å². The van der Waals surface area contributed by atoms with Crippen molar-refractivity contribution in [2.24, 2.45) is 5.92 Å². The number of hydrogen-bond donors (Lipinski definition) is 0. The van der Waals surface area contributed by atoms with E-state index in [4.69, 9.17) is 0 Å². The zero-order valence-electron chi connectivity index (χ0n) is 12.1. The Morgan fingerprint density at radius 3 is 2.95 bits per heavy atom. The van der Waals surface area contributed by atoms with Gasteiger partial charge in [-0.15, -0.1) is 0 Å². The van der Waals surface area contributed by atoms with Crippen molar-refractivity contribution in [2.45, 2.75) is 32.7 Å². The van der Waals surface area contributed by atoms with E-state index in [-0.39, 0.29) is 5.91 Å². The first-order valence-electron chi connectivity index (χ1n) is 7.50. The molecular formula is C15H22N4O. The molecular weight excluding hydrogens is 252 g/mol. The molecule has 20 heavy (non-hydrogen) atoms. The quantitative estimate of drug-likeness (QED) is 0.810. The number of carbonyl (C=O) groups is 1. The maximum Gasteiger partial charge on any atom is 0.236 e. The Balaban J connectivity index is 1.55. The fraction of sp³-hybridized carbons (Fsp3) is 0.667. The maximum absolute atomic E-state index is 12.3. The van der Waals surface area contributed by atoms with Crippen molar-refractivity contribution >= 4 is 5.91 Å². The molecule has 1 aromatic rings. The van der Waals surface area contributed by atoms with Gasteiger partial charge in [0, 0.05) is 50.1 Å². The minimum atomic E-state index is 0.275. The number of hydrogen-bond acceptors (Lipinski definition) is 4. The van der Waals surface area contributed by atoms with Crippen LogP contribution in [-0.2, 0) is 17.8 Å². The summed E-state index contributed by atoms with van der Waals surface area (Å²) in [4.78, 5) is 25.0. The summed E-state index contributed by atoms with van der Waals surface area (Å²) < 4.78 is 0. The van der Waals surface area contributed by atoms with Crippen molar-refractivity contribution in [3.8, 4) is 0 Å². The number of aromatic nitrogens is 2. The smallest absolute Gasteiger partial charge is 0.236 e. The lowest BCUT2D eigenvalue weighted by molar-refractivity contribution is -0.134. The molecule has 0 aliphatic carbocycles. The summed E-state index contributed by atoms with van der Waals surface area (Å²) in [6.45, 7) is 6.36. The SMILES string of the molecule is CC1CCN(C(=O)CN2CCc3ncncc3C2)CC1. The third-order valence-corrected chi connectivity index (χ3v) is 4.44. The topological polar surface area (TPSA) is 49.3 Å². The molecule has 3 heterocycles. The van der Waals surface area contributed by atoms with Crippen LogP contribution in [0.4, 0.5) is 0 Å². The van der Waals surface area contributed by atoms with Gasteiger partial charge in [-0.2, -0.15) is 0 Å². The summed E-state index contributed by atoms with van der Waals surface area (Å²) in [5.74, 6) is 1.04. The Morgan fingerprint density at radius 2 is 2.15 bits per heavy atom. The van der Waals surface area contributed by atoms with Gasteiger partial charge in [0.15, 0.2) is 0 Å². The highest BCUT2D eigenvalue weighted by molar-refractivity contribution is 5.78. The first-order valence-corrected chi connectivity index (χ1v) is 7.50. The zero-order valence-corrected chi connectivity index (χ0v) is 12.1. The average molecular weight is 274 g/mol. The molecule has 1 fully saturated rings. The van der Waals surface area contributed by atoms with Crippen LogP contribution in [0.3, 0.4) is 0 Å². The molecule has 1 amide bonds. The summed E-state index contributed by atoms with van der Waals surface area (Å²) in [5, 5.41) is 0. The van der Waals surface area contributed by atoms with E-state index in [1.54, 1.807) is 6.33 Å². The van der Waals surface area contributed by atoms with Crippen molar-refractivity contribution in [2.75, 3.05) is 26.2 Å². The van der Waals surface area contributed by atoms with E-state index in [9.17, 15) is 4.79 Å². The number of amides is 1. The molecule has 0 saturated carbocycles. The average Bonchev–Trinajstić information content (AvgIpc) is 2.48. The lowest BCUT2D eigenvalue weighted by Crippen LogP contribution is -2.45. The molecule has 0 radical (unpaired) electrons. The number of likely N-dealkylation sites (tertiary alicyclic amines) is 1. The molecule has 0 unspecified atom stereocenters. The molecule has 5 heteroatoms. The van der Waals surface area contributed by atoms with Gasteiger partial charge < -0.3 is 4.90 Å². The first-order chi connectivity index (χ1) is 9.72. The molecule has 2 aliphatic heterocycles. The van der Waals surface area contributed by atoms with Gasteiger partial charge in [-0.3, -0.25) is 9.69 Å². The Morgan fingerprint density at radius 1 is 1.35 bits per heavy atom. The van der Waals surface area contributed by atoms with Gasteiger partial charge >= 0.3 is 0 Å². The minimum Gasteiger partial charge on any atom is -0.342 e. The molecule has 108 valence electrons. The zero-order chi connectivity index (χ0) is 13.9. The lowest BCUT2D eigenvalue weighted by Gasteiger charge is -2.33. The van der Waals surface area contributed by atoms with E-state index in [2.05, 4.69) is 21.8 Å². The van der Waals surface area contributed by atoms with Crippen molar-refractivity contribution in [1.29, 1.82) is 0 Å². The monoisotopic (exact) mass is 274 g/mol. The highest BCUT2D eigenvalue weighted by Crippen LogP contribution is 2.18. The van der Waals surface area contributed by atoms with Crippen molar-refractivity contribution < 1.29 is 4.79 Å². The van der Waals surface area contributed by atoms with Crippen molar-refractivity contribution in [1.82, 2.24) is 19.8 Å². The fourth-order valence-corrected chi connectivity index (χ4v) is 3.01. The van der Waals surface area contributed by atoms with Crippen LogP contribution in [0, 0.1) is 5.92 Å². The van der Waals surface area contributed by atoms with Crippen LogP contribution in [0.1, 0.15) is 31.0 Å². The van der Waals surface area contributed by atoms with Crippen LogP contribution in [0.25, 0.3) is 0 Å². The van der Waals surface area contributed by atoms with Crippen LogP contribution in [0.5, 0.6) is 0 Å². The molecule has 0 bridgehead atoms. The largest absolute Gasteiger partial charge is 0.342 e. The highest BCUT2D eigenvalue weighted by Gasteiger charge is 2.24. The molecule has 3 rings (SSSR count). The minimum absolute atomic E-state index is 0.275. The van der Waals surface area contributed by atoms with E-state index >= 15 is 0 Å². The van der Waals surface area contributed by atoms with E-state index in [1.807, 2.05) is 11.1 Å². The number of carbonyl (C=O) groups excluding carboxylic acids is 1. The molecule has 0 atom stereocenters. The third-order valence-electron chi connectivity index (χ3n) is 4.44. The number of fused-ring (bicyclic) bond motifs is 1. The molecule has 1 saturated heterocycles. The predicted octanol–water partition coefficient (Wildman–Crippen LogP) is 1.09. The highest BCUT2D eigenvalue weighted by atomic mass is 16.2. The molecule has 0 spiro atoms. The Hall–Kier alpha value is -1.49. The van der Waals surface area contributed by atoms with Gasteiger partial charge in [-0.25, -0.2) is 9.97 Å². The molecule has 0 aromatic carbocycles. The standard InChI is InChI=1S/C15H22N4O/c1-12-2-6-19(7-3-12)15(20)10-18-5-4-14-13(9-18)8-16-11-17-14/h8,11-12H,2-7,9-10H2,1H3. The Labute approximate surface area is 120 Å². The Bertz CT molecular complexity index is 483. The van der Waals surface area contributed by atoms with E-state index in [0.717, 1.165) is 57.1 Å². The number of nitrogens with zero attached hydrogens (tertiary/aromatic N) is 4. The van der Waals surface area contributed by atoms with Gasteiger partial charge in [0.2, 0.25) is 5.91 Å². The van der Waals surface area contributed by atoms with Gasteiger partial charge in [0.05, 0.1) is 6.54 Å². The van der Waals surface area contributed by atoms with Gasteiger partial charge in [0.25, 0.3) is 0 Å². The fourth-order valence-electron chi connectivity index (χ4n) is 3.01. The van der Waals surface area contributed by atoms with E-state index < -0.39 is 0 Å². The predicted molar refractivity (Wildman–Crippen MR) is 76.0 cm³/mol. The molecule has 2 aliphatic rings. The normalized spacial score (nSPS) is 20.8. The second-order valence-electron chi connectivity index (χ2n) is 6.02. The second-order valence-corrected chi connectivity index (χ2v) is 6.02. The summed E-state index contributed by atoms with van der Waals surface area (Å²) >= 11 is 0. The van der Waals surface area contributed by atoms with Crippen LogP contribution in [0.2, 0.25) is 0 Å². The number of rotatable bonds is 2. The molecule has 1 aromatic heterocycles. The third kappa shape index (κ3) is 2.98. The molecule has 5 nitrogen and oxygen atoms in total. The Kier molecular flexibility index (Phi) is 3.96. The first kappa shape index (κ1) is 13.5. The van der Waals surface area contributed by atoms with Gasteiger partial charge in [0.1, 0.15) is 6.33 Å². The van der Waals surface area contributed by atoms with Crippen molar-refractivity contribution in [3.63, 3.8) is 0 Å². The van der Waals surface area contributed by atoms with E-state index in [1.165, 1.54) is 5.56 Å². The molecule has 0 N–H and O–H groups in total. The number of piperidine rings is 1. The summed E-state index contributed by atoms with van der Waals surface area (Å²) in [6.07, 6.45) is 6.68. The summed E-state index contributed by atoms with van der Waals surface area (Å²) in [7, 11) is 0.